The third kappa shape index (κ3) is 3.22. The van der Waals surface area contributed by atoms with Crippen molar-refractivity contribution in [2.45, 2.75) is 26.7 Å². The predicted molar refractivity (Wildman–Crippen MR) is 79.4 cm³/mol. The number of anilines is 1. The van der Waals surface area contributed by atoms with Crippen LogP contribution in [0.5, 0.6) is 0 Å². The molecule has 2 N–H and O–H groups in total. The van der Waals surface area contributed by atoms with Gasteiger partial charge in [-0.15, -0.1) is 0 Å². The zero-order chi connectivity index (χ0) is 13.8. The number of ketones is 1. The number of Topliss-reactive ketones (excluding diaryl/α,β-unsaturated/α-hetero) is 1. The minimum absolute atomic E-state index is 0.0745. The molecule has 0 saturated carbocycles. The van der Waals surface area contributed by atoms with E-state index in [1.54, 1.807) is 6.07 Å². The molecule has 0 spiro atoms. The number of hydrogen-bond donors (Lipinski definition) is 1. The number of carbonyl (C=O) groups excluding carboxylic acids is 1. The SMILES string of the molecule is CCc1ccc(CC(=O)c2cc(C)ccc2N)cc1. The van der Waals surface area contributed by atoms with Crippen molar-refractivity contribution in [2.75, 3.05) is 5.73 Å². The van der Waals surface area contributed by atoms with Crippen molar-refractivity contribution in [2.24, 2.45) is 0 Å². The van der Waals surface area contributed by atoms with Gasteiger partial charge in [0.15, 0.2) is 5.78 Å². The van der Waals surface area contributed by atoms with Gasteiger partial charge in [-0.25, -0.2) is 0 Å². The molecule has 0 atom stereocenters. The normalized spacial score (nSPS) is 10.4. The third-order valence-electron chi connectivity index (χ3n) is 3.31. The van der Waals surface area contributed by atoms with Crippen molar-refractivity contribution >= 4 is 11.5 Å². The van der Waals surface area contributed by atoms with Gasteiger partial charge in [0.1, 0.15) is 0 Å². The highest BCUT2D eigenvalue weighted by Gasteiger charge is 2.10. The van der Waals surface area contributed by atoms with E-state index in [1.807, 2.05) is 31.2 Å². The number of nitrogen functional groups attached to an aromatic ring is 1. The highest BCUT2D eigenvalue weighted by molar-refractivity contribution is 6.02. The topological polar surface area (TPSA) is 43.1 Å². The highest BCUT2D eigenvalue weighted by Crippen LogP contribution is 2.17. The summed E-state index contributed by atoms with van der Waals surface area (Å²) in [6, 6.07) is 13.7. The molecule has 0 aliphatic heterocycles. The molecule has 0 radical (unpaired) electrons. The number of benzene rings is 2. The summed E-state index contributed by atoms with van der Waals surface area (Å²) >= 11 is 0. The quantitative estimate of drug-likeness (QED) is 0.668. The predicted octanol–water partition coefficient (Wildman–Crippen LogP) is 3.57. The van der Waals surface area contributed by atoms with Crippen LogP contribution in [-0.4, -0.2) is 5.78 Å². The monoisotopic (exact) mass is 253 g/mol. The zero-order valence-corrected chi connectivity index (χ0v) is 11.4. The van der Waals surface area contributed by atoms with Crippen molar-refractivity contribution in [3.05, 3.63) is 64.7 Å². The van der Waals surface area contributed by atoms with Gasteiger partial charge in [-0.3, -0.25) is 4.79 Å². The van der Waals surface area contributed by atoms with Gasteiger partial charge in [0.25, 0.3) is 0 Å². The summed E-state index contributed by atoms with van der Waals surface area (Å²) in [5, 5.41) is 0. The van der Waals surface area contributed by atoms with Crippen LogP contribution in [0.1, 0.15) is 34.0 Å². The molecule has 0 aliphatic carbocycles. The molecule has 0 amide bonds. The lowest BCUT2D eigenvalue weighted by molar-refractivity contribution is 0.0993. The van der Waals surface area contributed by atoms with Crippen molar-refractivity contribution in [3.8, 4) is 0 Å². The Morgan fingerprint density at radius 2 is 1.68 bits per heavy atom. The van der Waals surface area contributed by atoms with Crippen molar-refractivity contribution in [3.63, 3.8) is 0 Å². The first-order valence-corrected chi connectivity index (χ1v) is 6.57. The molecule has 2 aromatic carbocycles. The average molecular weight is 253 g/mol. The smallest absolute Gasteiger partial charge is 0.169 e. The summed E-state index contributed by atoms with van der Waals surface area (Å²) in [5.74, 6) is 0.0745. The maximum absolute atomic E-state index is 12.3. The van der Waals surface area contributed by atoms with Gasteiger partial charge in [0.05, 0.1) is 0 Å². The number of rotatable bonds is 4. The van der Waals surface area contributed by atoms with Crippen LogP contribution in [0.15, 0.2) is 42.5 Å². The van der Waals surface area contributed by atoms with Crippen molar-refractivity contribution in [1.29, 1.82) is 0 Å². The lowest BCUT2D eigenvalue weighted by atomic mass is 9.99. The molecule has 0 aromatic heterocycles. The van der Waals surface area contributed by atoms with E-state index in [9.17, 15) is 4.79 Å². The van der Waals surface area contributed by atoms with E-state index in [0.717, 1.165) is 17.5 Å². The molecule has 0 fully saturated rings. The summed E-state index contributed by atoms with van der Waals surface area (Å²) in [6.07, 6.45) is 1.41. The fourth-order valence-corrected chi connectivity index (χ4v) is 2.09. The van der Waals surface area contributed by atoms with Crippen LogP contribution in [0.4, 0.5) is 5.69 Å². The molecular formula is C17H19NO. The first-order chi connectivity index (χ1) is 9.10. The summed E-state index contributed by atoms with van der Waals surface area (Å²) in [4.78, 5) is 12.3. The Balaban J connectivity index is 2.18. The fraction of sp³-hybridized carbons (Fsp3) is 0.235. The van der Waals surface area contributed by atoms with Crippen LogP contribution < -0.4 is 5.73 Å². The molecule has 98 valence electrons. The van der Waals surface area contributed by atoms with E-state index >= 15 is 0 Å². The summed E-state index contributed by atoms with van der Waals surface area (Å²) < 4.78 is 0. The maximum atomic E-state index is 12.3. The highest BCUT2D eigenvalue weighted by atomic mass is 16.1. The number of aryl methyl sites for hydroxylation is 2. The number of carbonyl (C=O) groups is 1. The first kappa shape index (κ1) is 13.3. The van der Waals surface area contributed by atoms with Gasteiger partial charge in [0.2, 0.25) is 0 Å². The lowest BCUT2D eigenvalue weighted by Crippen LogP contribution is -2.07. The molecule has 2 rings (SSSR count). The molecule has 2 nitrogen and oxygen atoms in total. The summed E-state index contributed by atoms with van der Waals surface area (Å²) in [7, 11) is 0. The van der Waals surface area contributed by atoms with Crippen LogP contribution in [0.25, 0.3) is 0 Å². The van der Waals surface area contributed by atoms with E-state index in [1.165, 1.54) is 5.56 Å². The number of nitrogens with two attached hydrogens (primary N) is 1. The molecular weight excluding hydrogens is 234 g/mol. The molecule has 2 heteroatoms. The van der Waals surface area contributed by atoms with E-state index < -0.39 is 0 Å². The van der Waals surface area contributed by atoms with E-state index in [-0.39, 0.29) is 5.78 Å². The van der Waals surface area contributed by atoms with Crippen LogP contribution in [0, 0.1) is 6.92 Å². The third-order valence-corrected chi connectivity index (χ3v) is 3.31. The minimum atomic E-state index is 0.0745. The maximum Gasteiger partial charge on any atom is 0.169 e. The van der Waals surface area contributed by atoms with Crippen molar-refractivity contribution < 1.29 is 4.79 Å². The van der Waals surface area contributed by atoms with Crippen LogP contribution in [0.3, 0.4) is 0 Å². The number of hydrogen-bond acceptors (Lipinski definition) is 2. The van der Waals surface area contributed by atoms with Gasteiger partial charge in [-0.1, -0.05) is 42.8 Å². The first-order valence-electron chi connectivity index (χ1n) is 6.57. The van der Waals surface area contributed by atoms with Crippen molar-refractivity contribution in [1.82, 2.24) is 0 Å². The standard InChI is InChI=1S/C17H19NO/c1-3-13-5-7-14(8-6-13)11-17(19)15-10-12(2)4-9-16(15)18/h4-10H,3,11,18H2,1-2H3. The van der Waals surface area contributed by atoms with Crippen LogP contribution in [0.2, 0.25) is 0 Å². The van der Waals surface area contributed by atoms with Gasteiger partial charge in [-0.2, -0.15) is 0 Å². The molecule has 0 unspecified atom stereocenters. The van der Waals surface area contributed by atoms with E-state index in [0.29, 0.717) is 17.7 Å². The Labute approximate surface area is 114 Å². The van der Waals surface area contributed by atoms with Gasteiger partial charge in [0, 0.05) is 17.7 Å². The second-order valence-electron chi connectivity index (χ2n) is 4.86. The average Bonchev–Trinajstić information content (AvgIpc) is 2.42. The minimum Gasteiger partial charge on any atom is -0.398 e. The second-order valence-corrected chi connectivity index (χ2v) is 4.86. The Morgan fingerprint density at radius 1 is 1.05 bits per heavy atom. The summed E-state index contributed by atoms with van der Waals surface area (Å²) in [6.45, 7) is 4.08. The van der Waals surface area contributed by atoms with Gasteiger partial charge >= 0.3 is 0 Å². The molecule has 0 bridgehead atoms. The Morgan fingerprint density at radius 3 is 2.32 bits per heavy atom. The van der Waals surface area contributed by atoms with Crippen LogP contribution in [-0.2, 0) is 12.8 Å². The summed E-state index contributed by atoms with van der Waals surface area (Å²) in [5.41, 5.74) is 10.4. The Hall–Kier alpha value is -2.09. The van der Waals surface area contributed by atoms with Crippen LogP contribution >= 0.6 is 0 Å². The molecule has 0 saturated heterocycles. The Kier molecular flexibility index (Phi) is 4.00. The molecule has 2 aromatic rings. The second kappa shape index (κ2) is 5.70. The Bertz CT molecular complexity index is 585. The molecule has 0 heterocycles. The largest absolute Gasteiger partial charge is 0.398 e. The van der Waals surface area contributed by atoms with Gasteiger partial charge in [-0.05, 0) is 36.6 Å². The molecule has 0 aliphatic rings. The van der Waals surface area contributed by atoms with E-state index in [4.69, 9.17) is 5.73 Å². The van der Waals surface area contributed by atoms with Gasteiger partial charge < -0.3 is 5.73 Å². The fourth-order valence-electron chi connectivity index (χ4n) is 2.09. The van der Waals surface area contributed by atoms with E-state index in [2.05, 4.69) is 19.1 Å². The lowest BCUT2D eigenvalue weighted by Gasteiger charge is -2.07. The molecule has 19 heavy (non-hydrogen) atoms. The zero-order valence-electron chi connectivity index (χ0n) is 11.4.